The van der Waals surface area contributed by atoms with Crippen LogP contribution in [0.3, 0.4) is 0 Å². The van der Waals surface area contributed by atoms with Crippen molar-refractivity contribution in [2.24, 2.45) is 5.73 Å². The van der Waals surface area contributed by atoms with Crippen LogP contribution in [0, 0.1) is 0 Å². The summed E-state index contributed by atoms with van der Waals surface area (Å²) in [6, 6.07) is 7.69. The molecule has 0 aliphatic rings. The van der Waals surface area contributed by atoms with E-state index in [0.717, 1.165) is 10.0 Å². The van der Waals surface area contributed by atoms with Crippen LogP contribution < -0.4 is 5.73 Å². The van der Waals surface area contributed by atoms with E-state index in [1.165, 1.54) is 11.8 Å². The van der Waals surface area contributed by atoms with E-state index in [1.807, 2.05) is 24.3 Å². The number of aromatic nitrogens is 4. The summed E-state index contributed by atoms with van der Waals surface area (Å²) in [5, 5.41) is 12.0. The SMILES string of the molecule is NCc1nnc(SCc2nc(-c3cccc(Br)c3)no2)o1. The van der Waals surface area contributed by atoms with E-state index < -0.39 is 0 Å². The molecule has 0 spiro atoms. The first-order valence-electron chi connectivity index (χ1n) is 5.98. The minimum atomic E-state index is 0.223. The molecule has 0 saturated carbocycles. The van der Waals surface area contributed by atoms with Crippen molar-refractivity contribution in [3.05, 3.63) is 40.5 Å². The maximum Gasteiger partial charge on any atom is 0.277 e. The van der Waals surface area contributed by atoms with Gasteiger partial charge in [-0.05, 0) is 12.1 Å². The van der Waals surface area contributed by atoms with Crippen molar-refractivity contribution in [3.8, 4) is 11.4 Å². The molecule has 9 heteroatoms. The van der Waals surface area contributed by atoms with Crippen molar-refractivity contribution in [1.82, 2.24) is 20.3 Å². The summed E-state index contributed by atoms with van der Waals surface area (Å²) in [6.45, 7) is 0.223. The molecule has 2 heterocycles. The fraction of sp³-hybridized carbons (Fsp3) is 0.167. The summed E-state index contributed by atoms with van der Waals surface area (Å²) >= 11 is 4.73. The lowest BCUT2D eigenvalue weighted by molar-refractivity contribution is 0.389. The predicted molar refractivity (Wildman–Crippen MR) is 79.2 cm³/mol. The standard InChI is InChI=1S/C12H10BrN5O2S/c13-8-3-1-2-7(4-8)11-15-10(20-18-11)6-21-12-17-16-9(5-14)19-12/h1-4H,5-6,14H2. The lowest BCUT2D eigenvalue weighted by Gasteiger charge is -1.94. The molecule has 2 N–H and O–H groups in total. The van der Waals surface area contributed by atoms with Gasteiger partial charge in [-0.2, -0.15) is 4.98 Å². The first kappa shape index (κ1) is 14.2. The molecular weight excluding hydrogens is 358 g/mol. The summed E-state index contributed by atoms with van der Waals surface area (Å²) in [4.78, 5) is 4.33. The molecule has 0 amide bonds. The molecule has 7 nitrogen and oxygen atoms in total. The van der Waals surface area contributed by atoms with Gasteiger partial charge in [0.15, 0.2) is 0 Å². The van der Waals surface area contributed by atoms with Gasteiger partial charge in [0.1, 0.15) is 0 Å². The van der Waals surface area contributed by atoms with Crippen LogP contribution in [0.4, 0.5) is 0 Å². The molecule has 21 heavy (non-hydrogen) atoms. The summed E-state index contributed by atoms with van der Waals surface area (Å²) in [6.07, 6.45) is 0. The van der Waals surface area contributed by atoms with E-state index in [4.69, 9.17) is 14.7 Å². The number of nitrogens with zero attached hydrogens (tertiary/aromatic N) is 4. The molecule has 2 aromatic heterocycles. The van der Waals surface area contributed by atoms with Gasteiger partial charge in [-0.3, -0.25) is 0 Å². The minimum Gasteiger partial charge on any atom is -0.415 e. The topological polar surface area (TPSA) is 104 Å². The number of thioether (sulfide) groups is 1. The molecule has 0 saturated heterocycles. The van der Waals surface area contributed by atoms with Crippen LogP contribution >= 0.6 is 27.7 Å². The highest BCUT2D eigenvalue weighted by atomic mass is 79.9. The van der Waals surface area contributed by atoms with Gasteiger partial charge in [0.2, 0.25) is 17.6 Å². The Balaban J connectivity index is 1.67. The van der Waals surface area contributed by atoms with Crippen LogP contribution in [-0.4, -0.2) is 20.3 Å². The Morgan fingerprint density at radius 1 is 1.24 bits per heavy atom. The molecule has 0 radical (unpaired) electrons. The number of hydrogen-bond donors (Lipinski definition) is 1. The largest absolute Gasteiger partial charge is 0.415 e. The first-order valence-corrected chi connectivity index (χ1v) is 7.76. The quantitative estimate of drug-likeness (QED) is 0.686. The number of halogens is 1. The molecule has 0 unspecified atom stereocenters. The highest BCUT2D eigenvalue weighted by Gasteiger charge is 2.11. The van der Waals surface area contributed by atoms with Gasteiger partial charge >= 0.3 is 0 Å². The Hall–Kier alpha value is -1.71. The van der Waals surface area contributed by atoms with Gasteiger partial charge in [0.05, 0.1) is 12.3 Å². The summed E-state index contributed by atoms with van der Waals surface area (Å²) in [5.74, 6) is 1.88. The molecule has 0 fully saturated rings. The van der Waals surface area contributed by atoms with E-state index in [0.29, 0.717) is 28.6 Å². The predicted octanol–water partition coefficient (Wildman–Crippen LogP) is 2.63. The zero-order chi connectivity index (χ0) is 14.7. The van der Waals surface area contributed by atoms with E-state index in [9.17, 15) is 0 Å². The molecule has 108 valence electrons. The second kappa shape index (κ2) is 6.37. The van der Waals surface area contributed by atoms with Crippen molar-refractivity contribution < 1.29 is 8.94 Å². The summed E-state index contributed by atoms with van der Waals surface area (Å²) in [7, 11) is 0. The van der Waals surface area contributed by atoms with Crippen LogP contribution in [-0.2, 0) is 12.3 Å². The average molecular weight is 368 g/mol. The van der Waals surface area contributed by atoms with Gasteiger partial charge in [-0.15, -0.1) is 10.2 Å². The van der Waals surface area contributed by atoms with Gasteiger partial charge in [-0.25, -0.2) is 0 Å². The summed E-state index contributed by atoms with van der Waals surface area (Å²) in [5.41, 5.74) is 6.28. The fourth-order valence-corrected chi connectivity index (χ4v) is 2.58. The van der Waals surface area contributed by atoms with E-state index in [2.05, 4.69) is 36.3 Å². The van der Waals surface area contributed by atoms with E-state index >= 15 is 0 Å². The smallest absolute Gasteiger partial charge is 0.277 e. The lowest BCUT2D eigenvalue weighted by Crippen LogP contribution is -1.95. The molecule has 0 atom stereocenters. The molecule has 0 aliphatic carbocycles. The van der Waals surface area contributed by atoms with Crippen molar-refractivity contribution >= 4 is 27.7 Å². The monoisotopic (exact) mass is 367 g/mol. The maximum absolute atomic E-state index is 5.40. The van der Waals surface area contributed by atoms with Crippen LogP contribution in [0.25, 0.3) is 11.4 Å². The van der Waals surface area contributed by atoms with E-state index in [-0.39, 0.29) is 6.54 Å². The zero-order valence-electron chi connectivity index (χ0n) is 10.7. The molecular formula is C12H10BrN5O2S. The Morgan fingerprint density at radius 2 is 2.14 bits per heavy atom. The zero-order valence-corrected chi connectivity index (χ0v) is 13.1. The normalized spacial score (nSPS) is 11.0. The molecule has 3 aromatic rings. The molecule has 3 rings (SSSR count). The molecule has 0 bridgehead atoms. The van der Waals surface area contributed by atoms with Gasteiger partial charge in [0.25, 0.3) is 5.22 Å². The Labute approximate surface area is 132 Å². The lowest BCUT2D eigenvalue weighted by atomic mass is 10.2. The van der Waals surface area contributed by atoms with Crippen LogP contribution in [0.1, 0.15) is 11.8 Å². The second-order valence-corrected chi connectivity index (χ2v) is 5.82. The van der Waals surface area contributed by atoms with Crippen molar-refractivity contribution in [3.63, 3.8) is 0 Å². The molecule has 1 aromatic carbocycles. The highest BCUT2D eigenvalue weighted by molar-refractivity contribution is 9.10. The number of nitrogens with two attached hydrogens (primary N) is 1. The Bertz CT molecular complexity index is 745. The average Bonchev–Trinajstić information content (AvgIpc) is 3.14. The molecule has 0 aliphatic heterocycles. The van der Waals surface area contributed by atoms with Crippen LogP contribution in [0.15, 0.2) is 42.9 Å². The van der Waals surface area contributed by atoms with Crippen molar-refractivity contribution in [2.45, 2.75) is 17.5 Å². The van der Waals surface area contributed by atoms with Gasteiger partial charge < -0.3 is 14.7 Å². The number of rotatable bonds is 5. The maximum atomic E-state index is 5.40. The van der Waals surface area contributed by atoms with Crippen molar-refractivity contribution in [2.75, 3.05) is 0 Å². The first-order chi connectivity index (χ1) is 10.2. The van der Waals surface area contributed by atoms with Gasteiger partial charge in [0, 0.05) is 10.0 Å². The Kier molecular flexibility index (Phi) is 4.32. The third-order valence-electron chi connectivity index (χ3n) is 2.49. The minimum absolute atomic E-state index is 0.223. The van der Waals surface area contributed by atoms with Crippen molar-refractivity contribution in [1.29, 1.82) is 0 Å². The summed E-state index contributed by atoms with van der Waals surface area (Å²) < 4.78 is 11.4. The number of benzene rings is 1. The highest BCUT2D eigenvalue weighted by Crippen LogP contribution is 2.24. The number of hydrogen-bond acceptors (Lipinski definition) is 8. The third-order valence-corrected chi connectivity index (χ3v) is 3.79. The Morgan fingerprint density at radius 3 is 2.90 bits per heavy atom. The second-order valence-electron chi connectivity index (χ2n) is 3.98. The third kappa shape index (κ3) is 3.49. The van der Waals surface area contributed by atoms with Crippen LogP contribution in [0.2, 0.25) is 0 Å². The van der Waals surface area contributed by atoms with Gasteiger partial charge in [-0.1, -0.05) is 45.0 Å². The van der Waals surface area contributed by atoms with Crippen LogP contribution in [0.5, 0.6) is 0 Å². The van der Waals surface area contributed by atoms with E-state index in [1.54, 1.807) is 0 Å². The fourth-order valence-electron chi connectivity index (χ4n) is 1.56.